The van der Waals surface area contributed by atoms with E-state index in [2.05, 4.69) is 4.90 Å². The monoisotopic (exact) mass is 345 g/mol. The van der Waals surface area contributed by atoms with Crippen LogP contribution in [0.1, 0.15) is 34.3 Å². The van der Waals surface area contributed by atoms with Crippen LogP contribution in [-0.2, 0) is 13.0 Å². The number of carboxylic acids is 1. The third-order valence-corrected chi connectivity index (χ3v) is 4.84. The van der Waals surface area contributed by atoms with Gasteiger partial charge in [0, 0.05) is 12.1 Å². The van der Waals surface area contributed by atoms with Crippen LogP contribution in [-0.4, -0.2) is 29.1 Å². The van der Waals surface area contributed by atoms with Crippen molar-refractivity contribution in [2.24, 2.45) is 5.92 Å². The number of benzene rings is 2. The Kier molecular flexibility index (Phi) is 5.43. The number of carbonyl (C=O) groups is 1. The number of aromatic carboxylic acids is 1. The third-order valence-electron chi connectivity index (χ3n) is 4.84. The summed E-state index contributed by atoms with van der Waals surface area (Å²) in [5, 5.41) is 9.06. The number of likely N-dealkylation sites (tertiary alicyclic amines) is 1. The predicted octanol–water partition coefficient (Wildman–Crippen LogP) is 4.12. The molecular weight excluding hydrogens is 324 g/mol. The molecule has 1 saturated heterocycles. The summed E-state index contributed by atoms with van der Waals surface area (Å²) in [6.45, 7) is 2.39. The molecule has 1 fully saturated rings. The summed E-state index contributed by atoms with van der Waals surface area (Å²) in [5.41, 5.74) is 1.45. The molecule has 0 atom stereocenters. The van der Waals surface area contributed by atoms with Crippen molar-refractivity contribution < 1.29 is 18.7 Å². The first-order valence-corrected chi connectivity index (χ1v) is 8.50. The highest BCUT2D eigenvalue weighted by Crippen LogP contribution is 2.25. The summed E-state index contributed by atoms with van der Waals surface area (Å²) in [6, 6.07) is 11.0. The highest BCUT2D eigenvalue weighted by atomic mass is 19.1. The molecule has 1 aliphatic rings. The second-order valence-electron chi connectivity index (χ2n) is 6.63. The zero-order valence-corrected chi connectivity index (χ0v) is 13.9. The van der Waals surface area contributed by atoms with Crippen LogP contribution in [0.4, 0.5) is 8.78 Å². The number of carboxylic acid groups (broad SMARTS) is 1. The second kappa shape index (κ2) is 7.74. The lowest BCUT2D eigenvalue weighted by molar-refractivity contribution is 0.0696. The van der Waals surface area contributed by atoms with Crippen molar-refractivity contribution in [2.45, 2.75) is 25.8 Å². The summed E-state index contributed by atoms with van der Waals surface area (Å²) in [4.78, 5) is 13.3. The minimum atomic E-state index is -0.924. The van der Waals surface area contributed by atoms with Crippen LogP contribution in [0.2, 0.25) is 0 Å². The molecule has 0 bridgehead atoms. The Hall–Kier alpha value is -2.27. The molecule has 3 rings (SSSR count). The second-order valence-corrected chi connectivity index (χ2v) is 6.63. The van der Waals surface area contributed by atoms with Crippen LogP contribution in [0.25, 0.3) is 0 Å². The summed E-state index contributed by atoms with van der Waals surface area (Å²) >= 11 is 0. The van der Waals surface area contributed by atoms with Crippen molar-refractivity contribution in [3.8, 4) is 0 Å². The van der Waals surface area contributed by atoms with E-state index in [1.165, 1.54) is 18.2 Å². The lowest BCUT2D eigenvalue weighted by atomic mass is 9.89. The van der Waals surface area contributed by atoms with E-state index in [1.54, 1.807) is 18.2 Å². The van der Waals surface area contributed by atoms with Gasteiger partial charge in [-0.05, 0) is 68.1 Å². The number of hydrogen-bond acceptors (Lipinski definition) is 2. The molecule has 25 heavy (non-hydrogen) atoms. The molecule has 132 valence electrons. The van der Waals surface area contributed by atoms with E-state index < -0.39 is 17.6 Å². The van der Waals surface area contributed by atoms with E-state index in [0.29, 0.717) is 18.5 Å². The van der Waals surface area contributed by atoms with Gasteiger partial charge in [-0.15, -0.1) is 0 Å². The van der Waals surface area contributed by atoms with Gasteiger partial charge in [0.05, 0.1) is 5.56 Å². The largest absolute Gasteiger partial charge is 0.478 e. The van der Waals surface area contributed by atoms with Crippen LogP contribution in [0.15, 0.2) is 42.5 Å². The molecule has 0 spiro atoms. The zero-order valence-electron chi connectivity index (χ0n) is 13.9. The SMILES string of the molecule is O=C(O)c1cccc(CN2CCC(Cc3c(F)cccc3F)CC2)c1. The lowest BCUT2D eigenvalue weighted by Gasteiger charge is -2.32. The summed E-state index contributed by atoms with van der Waals surface area (Å²) in [7, 11) is 0. The average molecular weight is 345 g/mol. The van der Waals surface area contributed by atoms with E-state index in [9.17, 15) is 13.6 Å². The molecule has 0 saturated carbocycles. The molecular formula is C20H21F2NO2. The van der Waals surface area contributed by atoms with Gasteiger partial charge < -0.3 is 5.11 Å². The Morgan fingerprint density at radius 2 is 1.72 bits per heavy atom. The number of rotatable bonds is 5. The zero-order chi connectivity index (χ0) is 17.8. The number of piperidine rings is 1. The maximum absolute atomic E-state index is 13.8. The summed E-state index contributed by atoms with van der Waals surface area (Å²) in [6.07, 6.45) is 2.19. The molecule has 0 aliphatic carbocycles. The standard InChI is InChI=1S/C20H21F2NO2/c21-18-5-2-6-19(22)17(18)12-14-7-9-23(10-8-14)13-15-3-1-4-16(11-15)20(24)25/h1-6,11,14H,7-10,12-13H2,(H,24,25). The van der Waals surface area contributed by atoms with Crippen molar-refractivity contribution in [3.63, 3.8) is 0 Å². The quantitative estimate of drug-likeness (QED) is 0.886. The van der Waals surface area contributed by atoms with Crippen molar-refractivity contribution in [1.82, 2.24) is 4.90 Å². The number of hydrogen-bond donors (Lipinski definition) is 1. The first-order chi connectivity index (χ1) is 12.0. The van der Waals surface area contributed by atoms with E-state index in [4.69, 9.17) is 5.11 Å². The highest BCUT2D eigenvalue weighted by molar-refractivity contribution is 5.87. The third kappa shape index (κ3) is 4.42. The van der Waals surface area contributed by atoms with Gasteiger partial charge in [-0.3, -0.25) is 4.90 Å². The first-order valence-electron chi connectivity index (χ1n) is 8.50. The molecule has 1 N–H and O–H groups in total. The van der Waals surface area contributed by atoms with Gasteiger partial charge in [0.15, 0.2) is 0 Å². The van der Waals surface area contributed by atoms with Crippen LogP contribution in [0, 0.1) is 17.6 Å². The van der Waals surface area contributed by atoms with Gasteiger partial charge in [0.25, 0.3) is 0 Å². The Bertz CT molecular complexity index is 735. The highest BCUT2D eigenvalue weighted by Gasteiger charge is 2.22. The molecule has 2 aromatic carbocycles. The predicted molar refractivity (Wildman–Crippen MR) is 91.5 cm³/mol. The van der Waals surface area contributed by atoms with Gasteiger partial charge in [0.1, 0.15) is 11.6 Å². The van der Waals surface area contributed by atoms with Gasteiger partial charge in [-0.2, -0.15) is 0 Å². The Morgan fingerprint density at radius 1 is 1.08 bits per heavy atom. The molecule has 0 amide bonds. The Morgan fingerprint density at radius 3 is 2.36 bits per heavy atom. The van der Waals surface area contributed by atoms with Crippen LogP contribution >= 0.6 is 0 Å². The molecule has 0 aromatic heterocycles. The van der Waals surface area contributed by atoms with Crippen molar-refractivity contribution in [2.75, 3.05) is 13.1 Å². The number of nitrogens with zero attached hydrogens (tertiary/aromatic N) is 1. The van der Waals surface area contributed by atoms with Crippen molar-refractivity contribution in [3.05, 3.63) is 70.8 Å². The minimum absolute atomic E-state index is 0.190. The van der Waals surface area contributed by atoms with Crippen molar-refractivity contribution in [1.29, 1.82) is 0 Å². The molecule has 1 aliphatic heterocycles. The Labute approximate surface area is 145 Å². The molecule has 0 radical (unpaired) electrons. The molecule has 5 heteroatoms. The van der Waals surface area contributed by atoms with E-state index in [0.717, 1.165) is 31.5 Å². The fourth-order valence-electron chi connectivity index (χ4n) is 3.43. The molecule has 0 unspecified atom stereocenters. The smallest absolute Gasteiger partial charge is 0.335 e. The van der Waals surface area contributed by atoms with Gasteiger partial charge >= 0.3 is 5.97 Å². The number of halogens is 2. The maximum Gasteiger partial charge on any atom is 0.335 e. The van der Waals surface area contributed by atoms with E-state index in [1.807, 2.05) is 6.07 Å². The maximum atomic E-state index is 13.8. The molecule has 2 aromatic rings. The fourth-order valence-corrected chi connectivity index (χ4v) is 3.43. The Balaban J connectivity index is 1.55. The molecule has 1 heterocycles. The van der Waals surface area contributed by atoms with Crippen LogP contribution < -0.4 is 0 Å². The van der Waals surface area contributed by atoms with E-state index in [-0.39, 0.29) is 11.5 Å². The summed E-state index contributed by atoms with van der Waals surface area (Å²) < 4.78 is 27.5. The van der Waals surface area contributed by atoms with Crippen LogP contribution in [0.5, 0.6) is 0 Å². The summed E-state index contributed by atoms with van der Waals surface area (Å²) in [5.74, 6) is -1.58. The lowest BCUT2D eigenvalue weighted by Crippen LogP contribution is -2.34. The van der Waals surface area contributed by atoms with Gasteiger partial charge in [-0.25, -0.2) is 13.6 Å². The van der Waals surface area contributed by atoms with Gasteiger partial charge in [-0.1, -0.05) is 18.2 Å². The molecule has 3 nitrogen and oxygen atoms in total. The fraction of sp³-hybridized carbons (Fsp3) is 0.350. The average Bonchev–Trinajstić information content (AvgIpc) is 2.60. The van der Waals surface area contributed by atoms with Crippen molar-refractivity contribution >= 4 is 5.97 Å². The topological polar surface area (TPSA) is 40.5 Å². The van der Waals surface area contributed by atoms with E-state index >= 15 is 0 Å². The minimum Gasteiger partial charge on any atom is -0.478 e. The first kappa shape index (κ1) is 17.5. The normalized spacial score (nSPS) is 16.1. The van der Waals surface area contributed by atoms with Crippen LogP contribution in [0.3, 0.4) is 0 Å². The van der Waals surface area contributed by atoms with Gasteiger partial charge in [0.2, 0.25) is 0 Å².